The van der Waals surface area contributed by atoms with Crippen LogP contribution in [0.4, 0.5) is 5.82 Å². The SMILES string of the molecule is CNC(=O)C1CCCCN1c1ccc(CO)cn1. The van der Waals surface area contributed by atoms with Gasteiger partial charge >= 0.3 is 0 Å². The molecule has 2 heterocycles. The fraction of sp³-hybridized carbons (Fsp3) is 0.538. The number of aliphatic hydroxyl groups excluding tert-OH is 1. The maximum atomic E-state index is 11.9. The topological polar surface area (TPSA) is 65.5 Å². The summed E-state index contributed by atoms with van der Waals surface area (Å²) in [5.74, 6) is 0.850. The van der Waals surface area contributed by atoms with Gasteiger partial charge in [0.1, 0.15) is 11.9 Å². The predicted molar refractivity (Wildman–Crippen MR) is 69.2 cm³/mol. The molecule has 0 radical (unpaired) electrons. The Balaban J connectivity index is 2.19. The fourth-order valence-corrected chi connectivity index (χ4v) is 2.33. The van der Waals surface area contributed by atoms with Gasteiger partial charge < -0.3 is 15.3 Å². The Morgan fingerprint density at radius 1 is 1.56 bits per heavy atom. The molecule has 5 nitrogen and oxygen atoms in total. The molecule has 0 saturated carbocycles. The highest BCUT2D eigenvalue weighted by molar-refractivity contribution is 5.84. The molecule has 1 aromatic rings. The van der Waals surface area contributed by atoms with Gasteiger partial charge in [-0.25, -0.2) is 4.98 Å². The lowest BCUT2D eigenvalue weighted by Gasteiger charge is -2.35. The van der Waals surface area contributed by atoms with Crippen molar-refractivity contribution < 1.29 is 9.90 Å². The van der Waals surface area contributed by atoms with Gasteiger partial charge in [-0.3, -0.25) is 4.79 Å². The highest BCUT2D eigenvalue weighted by atomic mass is 16.3. The summed E-state index contributed by atoms with van der Waals surface area (Å²) in [6.07, 6.45) is 4.67. The summed E-state index contributed by atoms with van der Waals surface area (Å²) in [6, 6.07) is 3.58. The molecule has 1 saturated heterocycles. The van der Waals surface area contributed by atoms with Gasteiger partial charge in [-0.15, -0.1) is 0 Å². The second-order valence-electron chi connectivity index (χ2n) is 4.50. The molecule has 0 aromatic carbocycles. The van der Waals surface area contributed by atoms with E-state index >= 15 is 0 Å². The van der Waals surface area contributed by atoms with Crippen LogP contribution in [0, 0.1) is 0 Å². The molecule has 1 aromatic heterocycles. The molecule has 1 atom stereocenters. The van der Waals surface area contributed by atoms with Gasteiger partial charge in [-0.2, -0.15) is 0 Å². The van der Waals surface area contributed by atoms with Crippen LogP contribution in [0.5, 0.6) is 0 Å². The third-order valence-electron chi connectivity index (χ3n) is 3.34. The summed E-state index contributed by atoms with van der Waals surface area (Å²) in [5, 5.41) is 11.7. The van der Waals surface area contributed by atoms with Crippen LogP contribution in [0.2, 0.25) is 0 Å². The minimum Gasteiger partial charge on any atom is -0.392 e. The average Bonchev–Trinajstić information content (AvgIpc) is 2.46. The number of carbonyl (C=O) groups is 1. The average molecular weight is 249 g/mol. The second kappa shape index (κ2) is 5.82. The first-order chi connectivity index (χ1) is 8.76. The zero-order chi connectivity index (χ0) is 13.0. The highest BCUT2D eigenvalue weighted by Gasteiger charge is 2.28. The Labute approximate surface area is 107 Å². The Bertz CT molecular complexity index is 405. The number of rotatable bonds is 3. The summed E-state index contributed by atoms with van der Waals surface area (Å²) in [5.41, 5.74) is 0.784. The van der Waals surface area contributed by atoms with Crippen LogP contribution in [0.25, 0.3) is 0 Å². The summed E-state index contributed by atoms with van der Waals surface area (Å²) in [6.45, 7) is 0.843. The van der Waals surface area contributed by atoms with Crippen LogP contribution < -0.4 is 10.2 Å². The van der Waals surface area contributed by atoms with Crippen LogP contribution in [0.3, 0.4) is 0 Å². The number of carbonyl (C=O) groups excluding carboxylic acids is 1. The Kier molecular flexibility index (Phi) is 4.15. The molecule has 18 heavy (non-hydrogen) atoms. The smallest absolute Gasteiger partial charge is 0.242 e. The van der Waals surface area contributed by atoms with Crippen molar-refractivity contribution in [1.29, 1.82) is 0 Å². The third kappa shape index (κ3) is 2.61. The normalized spacial score (nSPS) is 19.7. The molecule has 5 heteroatoms. The Morgan fingerprint density at radius 2 is 2.39 bits per heavy atom. The largest absolute Gasteiger partial charge is 0.392 e. The number of hydrogen-bond donors (Lipinski definition) is 2. The van der Waals surface area contributed by atoms with E-state index in [0.717, 1.165) is 37.2 Å². The number of aliphatic hydroxyl groups is 1. The van der Waals surface area contributed by atoms with Gasteiger partial charge in [0.2, 0.25) is 5.91 Å². The van der Waals surface area contributed by atoms with Crippen LogP contribution in [-0.4, -0.2) is 35.6 Å². The number of amides is 1. The van der Waals surface area contributed by atoms with Crippen molar-refractivity contribution in [3.8, 4) is 0 Å². The summed E-state index contributed by atoms with van der Waals surface area (Å²) < 4.78 is 0. The molecule has 1 unspecified atom stereocenters. The van der Waals surface area contributed by atoms with Gasteiger partial charge in [0.15, 0.2) is 0 Å². The number of likely N-dealkylation sites (N-methyl/N-ethyl adjacent to an activating group) is 1. The molecule has 0 spiro atoms. The molecule has 2 N–H and O–H groups in total. The van der Waals surface area contributed by atoms with Crippen molar-refractivity contribution in [1.82, 2.24) is 10.3 Å². The van der Waals surface area contributed by atoms with Crippen molar-refractivity contribution in [2.45, 2.75) is 31.9 Å². The van der Waals surface area contributed by atoms with Gasteiger partial charge in [0.05, 0.1) is 6.61 Å². The van der Waals surface area contributed by atoms with E-state index in [9.17, 15) is 4.79 Å². The number of anilines is 1. The van der Waals surface area contributed by atoms with E-state index < -0.39 is 0 Å². The first kappa shape index (κ1) is 12.8. The summed E-state index contributed by atoms with van der Waals surface area (Å²) in [7, 11) is 1.66. The van der Waals surface area contributed by atoms with E-state index in [0.29, 0.717) is 0 Å². The monoisotopic (exact) mass is 249 g/mol. The van der Waals surface area contributed by atoms with Gasteiger partial charge in [-0.1, -0.05) is 6.07 Å². The molecule has 1 aliphatic heterocycles. The zero-order valence-corrected chi connectivity index (χ0v) is 10.6. The quantitative estimate of drug-likeness (QED) is 0.826. The number of aromatic nitrogens is 1. The maximum Gasteiger partial charge on any atom is 0.242 e. The van der Waals surface area contributed by atoms with E-state index in [1.165, 1.54) is 0 Å². The van der Waals surface area contributed by atoms with Crippen LogP contribution in [0.1, 0.15) is 24.8 Å². The number of piperidine rings is 1. The van der Waals surface area contributed by atoms with E-state index in [-0.39, 0.29) is 18.6 Å². The standard InChI is InChI=1S/C13H19N3O2/c1-14-13(18)11-4-2-3-7-16(11)12-6-5-10(9-17)8-15-12/h5-6,8,11,17H,2-4,7,9H2,1H3,(H,14,18). The number of nitrogens with zero attached hydrogens (tertiary/aromatic N) is 2. The summed E-state index contributed by atoms with van der Waals surface area (Å²) >= 11 is 0. The van der Waals surface area contributed by atoms with Crippen LogP contribution >= 0.6 is 0 Å². The molecular weight excluding hydrogens is 230 g/mol. The molecule has 1 aliphatic rings. The fourth-order valence-electron chi connectivity index (χ4n) is 2.33. The van der Waals surface area contributed by atoms with E-state index in [4.69, 9.17) is 5.11 Å². The lowest BCUT2D eigenvalue weighted by atomic mass is 10.0. The molecule has 1 amide bonds. The van der Waals surface area contributed by atoms with Crippen molar-refractivity contribution in [3.63, 3.8) is 0 Å². The molecular formula is C13H19N3O2. The molecule has 0 aliphatic carbocycles. The first-order valence-corrected chi connectivity index (χ1v) is 6.30. The van der Waals surface area contributed by atoms with Crippen LogP contribution in [0.15, 0.2) is 18.3 Å². The predicted octanol–water partition coefficient (Wildman–Crippen LogP) is 0.679. The number of nitrogens with one attached hydrogen (secondary N) is 1. The minimum absolute atomic E-state index is 0.00778. The molecule has 98 valence electrons. The minimum atomic E-state index is -0.128. The Hall–Kier alpha value is -1.62. The van der Waals surface area contributed by atoms with Crippen LogP contribution in [-0.2, 0) is 11.4 Å². The number of hydrogen-bond acceptors (Lipinski definition) is 4. The zero-order valence-electron chi connectivity index (χ0n) is 10.6. The van der Waals surface area contributed by atoms with E-state index in [1.54, 1.807) is 13.2 Å². The van der Waals surface area contributed by atoms with Crippen molar-refractivity contribution in [3.05, 3.63) is 23.9 Å². The van der Waals surface area contributed by atoms with Crippen molar-refractivity contribution in [2.24, 2.45) is 0 Å². The van der Waals surface area contributed by atoms with Crippen molar-refractivity contribution >= 4 is 11.7 Å². The molecule has 0 bridgehead atoms. The maximum absolute atomic E-state index is 11.9. The van der Waals surface area contributed by atoms with Gasteiger partial charge in [0.25, 0.3) is 0 Å². The second-order valence-corrected chi connectivity index (χ2v) is 4.50. The first-order valence-electron chi connectivity index (χ1n) is 6.30. The molecule has 1 fully saturated rings. The van der Waals surface area contributed by atoms with E-state index in [1.807, 2.05) is 17.0 Å². The van der Waals surface area contributed by atoms with Gasteiger partial charge in [-0.05, 0) is 30.9 Å². The molecule has 2 rings (SSSR count). The van der Waals surface area contributed by atoms with E-state index in [2.05, 4.69) is 10.3 Å². The lowest BCUT2D eigenvalue weighted by Crippen LogP contribution is -2.49. The van der Waals surface area contributed by atoms with Crippen molar-refractivity contribution in [2.75, 3.05) is 18.5 Å². The number of pyridine rings is 1. The highest BCUT2D eigenvalue weighted by Crippen LogP contribution is 2.23. The lowest BCUT2D eigenvalue weighted by molar-refractivity contribution is -0.122. The summed E-state index contributed by atoms with van der Waals surface area (Å²) in [4.78, 5) is 18.2. The van der Waals surface area contributed by atoms with Gasteiger partial charge in [0, 0.05) is 19.8 Å². The Morgan fingerprint density at radius 3 is 3.00 bits per heavy atom. The third-order valence-corrected chi connectivity index (χ3v) is 3.34.